The van der Waals surface area contributed by atoms with Gasteiger partial charge in [0, 0.05) is 30.9 Å². The Bertz CT molecular complexity index is 416. The van der Waals surface area contributed by atoms with Gasteiger partial charge in [-0.1, -0.05) is 5.16 Å². The molecule has 0 saturated carbocycles. The molecule has 1 atom stereocenters. The van der Waals surface area contributed by atoms with Gasteiger partial charge in [0.15, 0.2) is 5.84 Å². The zero-order chi connectivity index (χ0) is 14.4. The van der Waals surface area contributed by atoms with E-state index in [0.717, 1.165) is 18.9 Å². The number of rotatable bonds is 6. The van der Waals surface area contributed by atoms with E-state index in [2.05, 4.69) is 47.9 Å². The maximum atomic E-state index is 8.62. The van der Waals surface area contributed by atoms with Crippen LogP contribution in [0.15, 0.2) is 23.5 Å². The second-order valence-corrected chi connectivity index (χ2v) is 4.79. The molecule has 106 valence electrons. The van der Waals surface area contributed by atoms with E-state index in [1.54, 1.807) is 6.20 Å². The molecule has 1 heterocycles. The summed E-state index contributed by atoms with van der Waals surface area (Å²) in [5.41, 5.74) is 6.13. The van der Waals surface area contributed by atoms with Gasteiger partial charge in [-0.2, -0.15) is 0 Å². The first kappa shape index (κ1) is 15.2. The minimum Gasteiger partial charge on any atom is -0.409 e. The highest BCUT2D eigenvalue weighted by atomic mass is 16.4. The van der Waals surface area contributed by atoms with Crippen LogP contribution in [0, 0.1) is 0 Å². The summed E-state index contributed by atoms with van der Waals surface area (Å²) in [4.78, 5) is 8.75. The molecular formula is C13H23N5O. The van der Waals surface area contributed by atoms with E-state index in [1.807, 2.05) is 12.1 Å². The number of likely N-dealkylation sites (N-methyl/N-ethyl adjacent to an activating group) is 2. The number of amidine groups is 1. The maximum Gasteiger partial charge on any atom is 0.171 e. The van der Waals surface area contributed by atoms with Gasteiger partial charge in [-0.05, 0) is 40.1 Å². The van der Waals surface area contributed by atoms with E-state index in [9.17, 15) is 0 Å². The summed E-state index contributed by atoms with van der Waals surface area (Å²) in [6.07, 6.45) is 1.62. The second-order valence-electron chi connectivity index (χ2n) is 4.79. The lowest BCUT2D eigenvalue weighted by Crippen LogP contribution is -2.40. The summed E-state index contributed by atoms with van der Waals surface area (Å²) in [6.45, 7) is 6.11. The van der Waals surface area contributed by atoms with E-state index < -0.39 is 0 Å². The van der Waals surface area contributed by atoms with Crippen LogP contribution in [0.5, 0.6) is 0 Å². The zero-order valence-electron chi connectivity index (χ0n) is 12.0. The van der Waals surface area contributed by atoms with Crippen molar-refractivity contribution >= 4 is 11.7 Å². The molecule has 0 spiro atoms. The van der Waals surface area contributed by atoms with Crippen molar-refractivity contribution in [2.45, 2.75) is 19.9 Å². The number of hydrogen-bond acceptors (Lipinski definition) is 5. The molecule has 6 heteroatoms. The third-order valence-electron chi connectivity index (χ3n) is 2.95. The van der Waals surface area contributed by atoms with Crippen molar-refractivity contribution in [1.29, 1.82) is 0 Å². The minimum atomic E-state index is 0.0726. The van der Waals surface area contributed by atoms with Crippen molar-refractivity contribution < 1.29 is 5.21 Å². The molecule has 0 aliphatic carbocycles. The monoisotopic (exact) mass is 265 g/mol. The lowest BCUT2D eigenvalue weighted by molar-refractivity contribution is 0.318. The summed E-state index contributed by atoms with van der Waals surface area (Å²) < 4.78 is 0. The van der Waals surface area contributed by atoms with Crippen molar-refractivity contribution in [3.8, 4) is 0 Å². The van der Waals surface area contributed by atoms with E-state index >= 15 is 0 Å². The Morgan fingerprint density at radius 2 is 2.16 bits per heavy atom. The largest absolute Gasteiger partial charge is 0.409 e. The molecule has 0 radical (unpaired) electrons. The quantitative estimate of drug-likeness (QED) is 0.346. The van der Waals surface area contributed by atoms with Crippen LogP contribution in [0.25, 0.3) is 0 Å². The van der Waals surface area contributed by atoms with Gasteiger partial charge in [-0.3, -0.25) is 0 Å². The molecule has 0 aromatic carbocycles. The van der Waals surface area contributed by atoms with Gasteiger partial charge in [0.1, 0.15) is 5.82 Å². The minimum absolute atomic E-state index is 0.0726. The van der Waals surface area contributed by atoms with Crippen molar-refractivity contribution in [2.75, 3.05) is 32.1 Å². The van der Waals surface area contributed by atoms with Gasteiger partial charge in [-0.15, -0.1) is 0 Å². The number of nitrogens with zero attached hydrogens (tertiary/aromatic N) is 4. The Morgan fingerprint density at radius 3 is 2.58 bits per heavy atom. The highest BCUT2D eigenvalue weighted by Crippen LogP contribution is 2.14. The van der Waals surface area contributed by atoms with Crippen LogP contribution in [0.3, 0.4) is 0 Å². The normalized spacial score (nSPS) is 13.6. The molecule has 0 fully saturated rings. The Labute approximate surface area is 114 Å². The zero-order valence-corrected chi connectivity index (χ0v) is 12.0. The molecule has 1 aromatic heterocycles. The Balaban J connectivity index is 2.88. The topological polar surface area (TPSA) is 78.0 Å². The van der Waals surface area contributed by atoms with Crippen molar-refractivity contribution in [1.82, 2.24) is 9.88 Å². The molecule has 0 amide bonds. The van der Waals surface area contributed by atoms with Gasteiger partial charge >= 0.3 is 0 Å². The first-order chi connectivity index (χ1) is 8.99. The Morgan fingerprint density at radius 1 is 1.47 bits per heavy atom. The van der Waals surface area contributed by atoms with E-state index in [4.69, 9.17) is 10.9 Å². The van der Waals surface area contributed by atoms with Gasteiger partial charge in [-0.25, -0.2) is 4.98 Å². The van der Waals surface area contributed by atoms with Crippen molar-refractivity contribution in [3.05, 3.63) is 23.9 Å². The average Bonchev–Trinajstić information content (AvgIpc) is 2.38. The van der Waals surface area contributed by atoms with Crippen LogP contribution in [-0.4, -0.2) is 54.2 Å². The van der Waals surface area contributed by atoms with Crippen LogP contribution in [0.4, 0.5) is 5.82 Å². The first-order valence-electron chi connectivity index (χ1n) is 6.34. The summed E-state index contributed by atoms with van der Waals surface area (Å²) in [5, 5.41) is 11.6. The molecular weight excluding hydrogens is 242 g/mol. The van der Waals surface area contributed by atoms with Crippen molar-refractivity contribution in [3.63, 3.8) is 0 Å². The van der Waals surface area contributed by atoms with Gasteiger partial charge in [0.2, 0.25) is 0 Å². The Hall–Kier alpha value is -1.82. The summed E-state index contributed by atoms with van der Waals surface area (Å²) in [7, 11) is 4.11. The molecule has 19 heavy (non-hydrogen) atoms. The summed E-state index contributed by atoms with van der Waals surface area (Å²) in [5.74, 6) is 0.967. The van der Waals surface area contributed by atoms with Crippen molar-refractivity contribution in [2.24, 2.45) is 10.9 Å². The Kier molecular flexibility index (Phi) is 5.57. The predicted octanol–water partition coefficient (Wildman–Crippen LogP) is 0.952. The molecule has 0 aliphatic heterocycles. The first-order valence-corrected chi connectivity index (χ1v) is 6.34. The fourth-order valence-electron chi connectivity index (χ4n) is 2.09. The van der Waals surface area contributed by atoms with Crippen LogP contribution < -0.4 is 10.6 Å². The van der Waals surface area contributed by atoms with E-state index in [-0.39, 0.29) is 5.84 Å². The number of pyridine rings is 1. The van der Waals surface area contributed by atoms with Gasteiger partial charge < -0.3 is 20.7 Å². The molecule has 1 rings (SSSR count). The average molecular weight is 265 g/mol. The molecule has 6 nitrogen and oxygen atoms in total. The lowest BCUT2D eigenvalue weighted by Gasteiger charge is -2.31. The van der Waals surface area contributed by atoms with Crippen LogP contribution >= 0.6 is 0 Å². The molecule has 1 aromatic rings. The van der Waals surface area contributed by atoms with Crippen LogP contribution in [-0.2, 0) is 0 Å². The number of nitrogens with two attached hydrogens (primary N) is 1. The standard InChI is InChI=1S/C13H23N5O/c1-5-18(10(2)9-17(3)4)12-7-6-11(8-15-12)13(14)16-19/h6-8,10,19H,5,9H2,1-4H3,(H2,14,16). The van der Waals surface area contributed by atoms with Gasteiger partial charge in [0.25, 0.3) is 0 Å². The number of hydrogen-bond donors (Lipinski definition) is 2. The SMILES string of the molecule is CCN(c1ccc(/C(N)=N/O)cn1)C(C)CN(C)C. The number of oxime groups is 1. The fourth-order valence-corrected chi connectivity index (χ4v) is 2.09. The molecule has 0 saturated heterocycles. The summed E-state index contributed by atoms with van der Waals surface area (Å²) in [6, 6.07) is 4.06. The fraction of sp³-hybridized carbons (Fsp3) is 0.538. The molecule has 1 unspecified atom stereocenters. The lowest BCUT2D eigenvalue weighted by atomic mass is 10.2. The molecule has 3 N–H and O–H groups in total. The predicted molar refractivity (Wildman–Crippen MR) is 77.8 cm³/mol. The molecule has 0 aliphatic rings. The third kappa shape index (κ3) is 4.10. The van der Waals surface area contributed by atoms with Crippen LogP contribution in [0.2, 0.25) is 0 Å². The summed E-state index contributed by atoms with van der Waals surface area (Å²) >= 11 is 0. The van der Waals surface area contributed by atoms with E-state index in [1.165, 1.54) is 0 Å². The number of anilines is 1. The third-order valence-corrected chi connectivity index (χ3v) is 2.95. The second kappa shape index (κ2) is 6.94. The van der Waals surface area contributed by atoms with E-state index in [0.29, 0.717) is 11.6 Å². The molecule has 0 bridgehead atoms. The number of aromatic nitrogens is 1. The maximum absolute atomic E-state index is 8.62. The smallest absolute Gasteiger partial charge is 0.171 e. The highest BCUT2D eigenvalue weighted by molar-refractivity contribution is 5.96. The van der Waals surface area contributed by atoms with Gasteiger partial charge in [0.05, 0.1) is 0 Å². The van der Waals surface area contributed by atoms with Crippen LogP contribution in [0.1, 0.15) is 19.4 Å². The highest BCUT2D eigenvalue weighted by Gasteiger charge is 2.14.